The van der Waals surface area contributed by atoms with Crippen molar-refractivity contribution in [2.75, 3.05) is 0 Å². The van der Waals surface area contributed by atoms with Crippen LogP contribution < -0.4 is 0 Å². The van der Waals surface area contributed by atoms with Crippen LogP contribution in [0.4, 0.5) is 0 Å². The van der Waals surface area contributed by atoms with Crippen LogP contribution in [0, 0.1) is 0 Å². The molecule has 1 aromatic carbocycles. The van der Waals surface area contributed by atoms with E-state index in [1.54, 1.807) is 6.92 Å². The van der Waals surface area contributed by atoms with Crippen LogP contribution in [0.25, 0.3) is 0 Å². The van der Waals surface area contributed by atoms with Gasteiger partial charge in [0.1, 0.15) is 18.0 Å². The number of ketones is 2. The molecule has 170 valence electrons. The molecule has 5 atom stereocenters. The van der Waals surface area contributed by atoms with Gasteiger partial charge in [0.2, 0.25) is 5.79 Å². The summed E-state index contributed by atoms with van der Waals surface area (Å²) in [5.41, 5.74) is -0.654. The molecule has 3 aliphatic rings. The van der Waals surface area contributed by atoms with Gasteiger partial charge in [0.15, 0.2) is 11.6 Å². The molecule has 0 aromatic heterocycles. The molecule has 4 rings (SSSR count). The Bertz CT molecular complexity index is 1060. The lowest BCUT2D eigenvalue weighted by Gasteiger charge is -2.51. The number of rotatable bonds is 3. The number of Topliss-reactive ketones (excluding diaryl/α,β-unsaturated/α-hetero) is 2. The van der Waals surface area contributed by atoms with E-state index in [4.69, 9.17) is 14.2 Å². The number of esters is 1. The maximum atomic E-state index is 13.5. The van der Waals surface area contributed by atoms with E-state index in [1.165, 1.54) is 18.2 Å². The van der Waals surface area contributed by atoms with Gasteiger partial charge in [0.05, 0.1) is 29.8 Å². The lowest BCUT2D eigenvalue weighted by Crippen LogP contribution is -2.65. The number of phenolic OH excluding ortho intramolecular Hbond substituents is 1. The molecule has 1 unspecified atom stereocenters. The van der Waals surface area contributed by atoms with Crippen LogP contribution in [-0.4, -0.2) is 69.0 Å². The lowest BCUT2D eigenvalue weighted by atomic mass is 9.73. The fraction of sp³-hybridized carbons (Fsp3) is 0.455. The van der Waals surface area contributed by atoms with E-state index in [-0.39, 0.29) is 35.1 Å². The monoisotopic (exact) mass is 446 g/mol. The minimum Gasteiger partial charge on any atom is -0.507 e. The maximum Gasteiger partial charge on any atom is 0.305 e. The summed E-state index contributed by atoms with van der Waals surface area (Å²) >= 11 is 0. The largest absolute Gasteiger partial charge is 0.507 e. The smallest absolute Gasteiger partial charge is 0.305 e. The topological polar surface area (TPSA) is 157 Å². The number of benzene rings is 1. The van der Waals surface area contributed by atoms with E-state index in [1.807, 2.05) is 0 Å². The number of phenols is 1. The second kappa shape index (κ2) is 7.80. The minimum absolute atomic E-state index is 0.0326. The van der Waals surface area contributed by atoms with E-state index >= 15 is 0 Å². The molecule has 1 saturated heterocycles. The van der Waals surface area contributed by atoms with Gasteiger partial charge in [-0.3, -0.25) is 19.2 Å². The van der Waals surface area contributed by atoms with Gasteiger partial charge in [-0.05, 0) is 13.0 Å². The summed E-state index contributed by atoms with van der Waals surface area (Å²) in [4.78, 5) is 49.8. The number of ether oxygens (including phenoxy) is 3. The third-order valence-electron chi connectivity index (χ3n) is 5.84. The summed E-state index contributed by atoms with van der Waals surface area (Å²) in [5.74, 6) is -5.95. The molecule has 32 heavy (non-hydrogen) atoms. The van der Waals surface area contributed by atoms with Crippen molar-refractivity contribution in [3.05, 3.63) is 40.5 Å². The summed E-state index contributed by atoms with van der Waals surface area (Å²) < 4.78 is 17.1. The van der Waals surface area contributed by atoms with Crippen LogP contribution in [0.1, 0.15) is 53.8 Å². The van der Waals surface area contributed by atoms with Crippen molar-refractivity contribution < 1.29 is 48.7 Å². The van der Waals surface area contributed by atoms with Crippen LogP contribution in [-0.2, 0) is 23.8 Å². The van der Waals surface area contributed by atoms with Crippen molar-refractivity contribution >= 4 is 23.5 Å². The van der Waals surface area contributed by atoms with Crippen molar-refractivity contribution in [1.82, 2.24) is 0 Å². The molecule has 3 N–H and O–H groups in total. The predicted octanol–water partition coefficient (Wildman–Crippen LogP) is 1.13. The molecule has 1 aromatic rings. The van der Waals surface area contributed by atoms with Gasteiger partial charge in [-0.15, -0.1) is 0 Å². The van der Waals surface area contributed by atoms with E-state index in [0.717, 1.165) is 6.92 Å². The molecule has 0 saturated carbocycles. The molecule has 1 spiro atoms. The number of aliphatic hydroxyl groups excluding tert-OH is 1. The van der Waals surface area contributed by atoms with Crippen LogP contribution in [0.3, 0.4) is 0 Å². The number of hydrogen-bond donors (Lipinski definition) is 3. The summed E-state index contributed by atoms with van der Waals surface area (Å²) in [6.07, 6.45) is -5.28. The first-order valence-electron chi connectivity index (χ1n) is 10.1. The van der Waals surface area contributed by atoms with E-state index in [2.05, 4.69) is 0 Å². The van der Waals surface area contributed by atoms with Crippen molar-refractivity contribution in [1.29, 1.82) is 0 Å². The van der Waals surface area contributed by atoms with Crippen LogP contribution >= 0.6 is 0 Å². The van der Waals surface area contributed by atoms with Gasteiger partial charge in [0, 0.05) is 30.9 Å². The van der Waals surface area contributed by atoms with Crippen LogP contribution in [0.15, 0.2) is 29.3 Å². The number of hydrogen-bond acceptors (Lipinski definition) is 9. The molecule has 10 nitrogen and oxygen atoms in total. The number of carbonyl (C=O) groups excluding carboxylic acids is 3. The Kier molecular flexibility index (Phi) is 5.40. The molecule has 0 bridgehead atoms. The van der Waals surface area contributed by atoms with Crippen molar-refractivity contribution in [2.45, 2.75) is 63.3 Å². The van der Waals surface area contributed by atoms with Gasteiger partial charge >= 0.3 is 11.9 Å². The Morgan fingerprint density at radius 3 is 2.59 bits per heavy atom. The summed E-state index contributed by atoms with van der Waals surface area (Å²) in [6, 6.07) is 4.05. The standard InChI is InChI=1S/C22H22O10/c1-9-6-15(30-10(2)23)21(29)22(31-9)18-13(7-11(32-22)8-16(25)26)19(27)12-4-3-5-14(24)17(12)20(18)28/h3-5,9,11,15,21,24,29H,6-8H2,1-2H3,(H,25,26)/t9-,11+,15-,21?,22-/m1/s1. The number of carboxylic acids is 1. The zero-order valence-electron chi connectivity index (χ0n) is 17.4. The zero-order valence-corrected chi connectivity index (χ0v) is 17.4. The Morgan fingerprint density at radius 2 is 1.94 bits per heavy atom. The van der Waals surface area contributed by atoms with Crippen molar-refractivity contribution in [3.8, 4) is 5.75 Å². The second-order valence-electron chi connectivity index (χ2n) is 8.18. The predicted molar refractivity (Wildman–Crippen MR) is 105 cm³/mol. The zero-order chi connectivity index (χ0) is 23.4. The molecule has 2 heterocycles. The number of carboxylic acid groups (broad SMARTS) is 1. The summed E-state index contributed by atoms with van der Waals surface area (Å²) in [7, 11) is 0. The first-order chi connectivity index (χ1) is 15.0. The first kappa shape index (κ1) is 22.1. The van der Waals surface area contributed by atoms with Crippen LogP contribution in [0.2, 0.25) is 0 Å². The Morgan fingerprint density at radius 1 is 1.22 bits per heavy atom. The van der Waals surface area contributed by atoms with Gasteiger partial charge in [-0.2, -0.15) is 0 Å². The Hall–Kier alpha value is -3.08. The van der Waals surface area contributed by atoms with Gasteiger partial charge in [-0.1, -0.05) is 12.1 Å². The highest BCUT2D eigenvalue weighted by molar-refractivity contribution is 6.28. The van der Waals surface area contributed by atoms with Crippen molar-refractivity contribution in [2.24, 2.45) is 0 Å². The first-order valence-corrected chi connectivity index (χ1v) is 10.1. The molecular weight excluding hydrogens is 424 g/mol. The third kappa shape index (κ3) is 3.40. The van der Waals surface area contributed by atoms with Crippen LogP contribution in [0.5, 0.6) is 5.75 Å². The molecule has 0 amide bonds. The van der Waals surface area contributed by atoms with Gasteiger partial charge < -0.3 is 29.5 Å². The molecule has 1 fully saturated rings. The third-order valence-corrected chi connectivity index (χ3v) is 5.84. The number of aliphatic hydroxyl groups is 1. The number of aliphatic carboxylic acids is 1. The summed E-state index contributed by atoms with van der Waals surface area (Å²) in [6.45, 7) is 2.76. The van der Waals surface area contributed by atoms with E-state index < -0.39 is 65.9 Å². The number of carbonyl (C=O) groups is 4. The minimum atomic E-state index is -2.25. The SMILES string of the molecule is CC(=O)O[C@@H]1C[C@@H](C)O[C@]2(O[C@H](CC(=O)O)CC3=C2C(=O)c2c(O)cccc2C3=O)C1O. The fourth-order valence-electron chi connectivity index (χ4n) is 4.70. The van der Waals surface area contributed by atoms with Crippen molar-refractivity contribution in [3.63, 3.8) is 0 Å². The maximum absolute atomic E-state index is 13.5. The quantitative estimate of drug-likeness (QED) is 0.575. The highest BCUT2D eigenvalue weighted by Gasteiger charge is 2.61. The average molecular weight is 446 g/mol. The van der Waals surface area contributed by atoms with E-state index in [0.29, 0.717) is 0 Å². The summed E-state index contributed by atoms with van der Waals surface area (Å²) in [5, 5.41) is 30.8. The second-order valence-corrected chi connectivity index (χ2v) is 8.18. The number of fused-ring (bicyclic) bond motifs is 2. The van der Waals surface area contributed by atoms with Gasteiger partial charge in [0.25, 0.3) is 0 Å². The highest BCUT2D eigenvalue weighted by atomic mass is 16.7. The van der Waals surface area contributed by atoms with E-state index in [9.17, 15) is 34.5 Å². The Labute approximate surface area is 182 Å². The molecule has 10 heteroatoms. The molecule has 1 aliphatic carbocycles. The Balaban J connectivity index is 1.92. The highest BCUT2D eigenvalue weighted by Crippen LogP contribution is 2.49. The molecule has 0 radical (unpaired) electrons. The molecular formula is C22H22O10. The average Bonchev–Trinajstić information content (AvgIpc) is 2.68. The fourth-order valence-corrected chi connectivity index (χ4v) is 4.70. The molecule has 2 aliphatic heterocycles. The number of aromatic hydroxyl groups is 1. The lowest BCUT2D eigenvalue weighted by molar-refractivity contribution is -0.334. The van der Waals surface area contributed by atoms with Gasteiger partial charge in [-0.25, -0.2) is 0 Å². The normalized spacial score (nSPS) is 31.8.